The zero-order chi connectivity index (χ0) is 16.7. The summed E-state index contributed by atoms with van der Waals surface area (Å²) in [5.74, 6) is 0.496. The summed E-state index contributed by atoms with van der Waals surface area (Å²) in [7, 11) is 1.62. The summed E-state index contributed by atoms with van der Waals surface area (Å²) >= 11 is 19.8. The molecule has 1 spiro atoms. The minimum atomic E-state index is -1.44. The van der Waals surface area contributed by atoms with Gasteiger partial charge in [0.15, 0.2) is 0 Å². The van der Waals surface area contributed by atoms with Gasteiger partial charge >= 0.3 is 0 Å². The molecule has 1 aliphatic heterocycles. The zero-order valence-corrected chi connectivity index (χ0v) is 15.3. The third kappa shape index (κ3) is 2.71. The fourth-order valence-corrected chi connectivity index (χ4v) is 5.21. The molecule has 0 aromatic heterocycles. The van der Waals surface area contributed by atoms with Crippen molar-refractivity contribution in [1.82, 2.24) is 4.90 Å². The minimum Gasteiger partial charge on any atom is -0.497 e. The molecular formula is C17H20Cl3NO2. The van der Waals surface area contributed by atoms with E-state index in [0.717, 1.165) is 43.4 Å². The Hall–Kier alpha value is -0.640. The molecule has 3 rings (SSSR count). The number of methoxy groups -OCH3 is 1. The fraction of sp³-hybridized carbons (Fsp3) is 0.588. The second-order valence-corrected chi connectivity index (χ2v) is 8.15. The number of benzene rings is 1. The Morgan fingerprint density at radius 3 is 2.35 bits per heavy atom. The molecule has 0 N–H and O–H groups in total. The van der Waals surface area contributed by atoms with E-state index in [0.29, 0.717) is 6.54 Å². The molecule has 23 heavy (non-hydrogen) atoms. The van der Waals surface area contributed by atoms with Crippen molar-refractivity contribution in [2.45, 2.75) is 48.5 Å². The van der Waals surface area contributed by atoms with Crippen molar-refractivity contribution in [1.29, 1.82) is 0 Å². The maximum atomic E-state index is 12.8. The standard InChI is InChI=1S/C17H20Cl3NO2/c1-23-13-7-5-12(6-8-13)11-21-14(18)16(9-3-2-4-10-16)17(19,20)15(21)22/h5-8,14H,2-4,9-11H2,1H3. The molecule has 1 unspecified atom stereocenters. The summed E-state index contributed by atoms with van der Waals surface area (Å²) in [5.41, 5.74) is -0.0615. The maximum absolute atomic E-state index is 12.8. The van der Waals surface area contributed by atoms with E-state index in [4.69, 9.17) is 39.5 Å². The summed E-state index contributed by atoms with van der Waals surface area (Å²) in [4.78, 5) is 14.4. The lowest BCUT2D eigenvalue weighted by Crippen LogP contribution is -2.44. The SMILES string of the molecule is COc1ccc(CN2C(=O)C(Cl)(Cl)C3(CCCCC3)C2Cl)cc1. The summed E-state index contributed by atoms with van der Waals surface area (Å²) < 4.78 is 3.72. The Labute approximate surface area is 151 Å². The number of hydrogen-bond acceptors (Lipinski definition) is 2. The Morgan fingerprint density at radius 2 is 1.78 bits per heavy atom. The third-order valence-electron chi connectivity index (χ3n) is 5.14. The highest BCUT2D eigenvalue weighted by Crippen LogP contribution is 2.60. The van der Waals surface area contributed by atoms with Crippen molar-refractivity contribution in [2.75, 3.05) is 7.11 Å². The summed E-state index contributed by atoms with van der Waals surface area (Å²) in [6.45, 7) is 0.403. The number of halogens is 3. The Bertz CT molecular complexity index is 582. The Morgan fingerprint density at radius 1 is 1.17 bits per heavy atom. The van der Waals surface area contributed by atoms with Crippen LogP contribution in [0.3, 0.4) is 0 Å². The third-order valence-corrected chi connectivity index (χ3v) is 6.87. The van der Waals surface area contributed by atoms with Crippen molar-refractivity contribution in [3.05, 3.63) is 29.8 Å². The first-order valence-electron chi connectivity index (χ1n) is 7.88. The van der Waals surface area contributed by atoms with Crippen LogP contribution < -0.4 is 4.74 Å². The lowest BCUT2D eigenvalue weighted by atomic mass is 9.72. The van der Waals surface area contributed by atoms with E-state index < -0.39 is 15.2 Å². The van der Waals surface area contributed by atoms with Crippen molar-refractivity contribution in [3.63, 3.8) is 0 Å². The number of carbonyl (C=O) groups excluding carboxylic acids is 1. The zero-order valence-electron chi connectivity index (χ0n) is 13.0. The van der Waals surface area contributed by atoms with E-state index >= 15 is 0 Å². The molecule has 3 nitrogen and oxygen atoms in total. The molecule has 1 aliphatic carbocycles. The monoisotopic (exact) mass is 375 g/mol. The average molecular weight is 377 g/mol. The lowest BCUT2D eigenvalue weighted by Gasteiger charge is -2.41. The van der Waals surface area contributed by atoms with Crippen LogP contribution in [0, 0.1) is 5.41 Å². The number of alkyl halides is 3. The first-order chi connectivity index (χ1) is 10.9. The van der Waals surface area contributed by atoms with Crippen molar-refractivity contribution < 1.29 is 9.53 Å². The largest absolute Gasteiger partial charge is 0.497 e. The van der Waals surface area contributed by atoms with Gasteiger partial charge in [-0.05, 0) is 30.5 Å². The first-order valence-corrected chi connectivity index (χ1v) is 9.07. The number of likely N-dealkylation sites (tertiary alicyclic amines) is 1. The molecule has 1 saturated heterocycles. The number of hydrogen-bond donors (Lipinski definition) is 0. The van der Waals surface area contributed by atoms with Crippen LogP contribution in [0.2, 0.25) is 0 Å². The number of carbonyl (C=O) groups is 1. The molecule has 2 aliphatic rings. The highest BCUT2D eigenvalue weighted by atomic mass is 35.5. The smallest absolute Gasteiger partial charge is 0.261 e. The molecule has 1 atom stereocenters. The molecule has 1 amide bonds. The minimum absolute atomic E-state index is 0.279. The molecule has 1 aromatic rings. The molecule has 1 aromatic carbocycles. The molecule has 126 valence electrons. The van der Waals surface area contributed by atoms with Gasteiger partial charge in [-0.3, -0.25) is 4.79 Å². The van der Waals surface area contributed by atoms with E-state index in [1.807, 2.05) is 24.3 Å². The Kier molecular flexibility index (Phi) is 4.74. The molecule has 1 saturated carbocycles. The van der Waals surface area contributed by atoms with E-state index in [9.17, 15) is 4.79 Å². The number of amides is 1. The highest BCUT2D eigenvalue weighted by molar-refractivity contribution is 6.60. The van der Waals surface area contributed by atoms with Crippen LogP contribution in [0.1, 0.15) is 37.7 Å². The number of rotatable bonds is 3. The van der Waals surface area contributed by atoms with Crippen molar-refractivity contribution >= 4 is 40.7 Å². The van der Waals surface area contributed by atoms with Crippen molar-refractivity contribution in [2.24, 2.45) is 5.41 Å². The van der Waals surface area contributed by atoms with Gasteiger partial charge in [-0.2, -0.15) is 0 Å². The molecular weight excluding hydrogens is 357 g/mol. The van der Waals surface area contributed by atoms with E-state index in [-0.39, 0.29) is 5.91 Å². The molecule has 0 radical (unpaired) electrons. The number of nitrogens with zero attached hydrogens (tertiary/aromatic N) is 1. The average Bonchev–Trinajstić information content (AvgIpc) is 2.70. The van der Waals surface area contributed by atoms with Gasteiger partial charge in [-0.25, -0.2) is 0 Å². The van der Waals surface area contributed by atoms with Gasteiger partial charge in [0.05, 0.1) is 7.11 Å². The normalized spacial score (nSPS) is 25.8. The highest BCUT2D eigenvalue weighted by Gasteiger charge is 2.67. The topological polar surface area (TPSA) is 29.5 Å². The van der Waals surface area contributed by atoms with E-state index in [1.165, 1.54) is 0 Å². The van der Waals surface area contributed by atoms with E-state index in [1.54, 1.807) is 12.0 Å². The molecule has 6 heteroatoms. The first kappa shape index (κ1) is 17.2. The Balaban J connectivity index is 1.86. The second kappa shape index (κ2) is 6.34. The van der Waals surface area contributed by atoms with Gasteiger partial charge in [0, 0.05) is 12.0 Å². The van der Waals surface area contributed by atoms with Crippen LogP contribution in [0.5, 0.6) is 5.75 Å². The van der Waals surface area contributed by atoms with Gasteiger partial charge in [-0.1, -0.05) is 66.2 Å². The van der Waals surface area contributed by atoms with Crippen LogP contribution in [0.4, 0.5) is 0 Å². The molecule has 0 bridgehead atoms. The van der Waals surface area contributed by atoms with Gasteiger partial charge in [0.1, 0.15) is 11.3 Å². The predicted molar refractivity (Wildman–Crippen MR) is 93.1 cm³/mol. The van der Waals surface area contributed by atoms with Crippen LogP contribution in [-0.2, 0) is 11.3 Å². The van der Waals surface area contributed by atoms with Gasteiger partial charge in [0.2, 0.25) is 4.33 Å². The summed E-state index contributed by atoms with van der Waals surface area (Å²) in [5, 5.41) is 0. The van der Waals surface area contributed by atoms with Gasteiger partial charge in [0.25, 0.3) is 5.91 Å². The van der Waals surface area contributed by atoms with Crippen molar-refractivity contribution in [3.8, 4) is 5.75 Å². The van der Waals surface area contributed by atoms with Crippen LogP contribution in [0.25, 0.3) is 0 Å². The molecule has 1 heterocycles. The summed E-state index contributed by atoms with van der Waals surface area (Å²) in [6.07, 6.45) is 4.74. The van der Waals surface area contributed by atoms with Crippen LogP contribution in [0.15, 0.2) is 24.3 Å². The second-order valence-electron chi connectivity index (χ2n) is 6.41. The quantitative estimate of drug-likeness (QED) is 0.564. The lowest BCUT2D eigenvalue weighted by molar-refractivity contribution is -0.129. The van der Waals surface area contributed by atoms with E-state index in [2.05, 4.69) is 0 Å². The van der Waals surface area contributed by atoms with Crippen LogP contribution in [-0.4, -0.2) is 27.8 Å². The van der Waals surface area contributed by atoms with Gasteiger partial charge < -0.3 is 9.64 Å². The maximum Gasteiger partial charge on any atom is 0.261 e. The summed E-state index contributed by atoms with van der Waals surface area (Å²) in [6, 6.07) is 7.58. The number of ether oxygens (including phenoxy) is 1. The molecule has 2 fully saturated rings. The fourth-order valence-electron chi connectivity index (χ4n) is 3.76. The van der Waals surface area contributed by atoms with Gasteiger partial charge in [-0.15, -0.1) is 0 Å². The van der Waals surface area contributed by atoms with Crippen LogP contribution >= 0.6 is 34.8 Å². The predicted octanol–water partition coefficient (Wildman–Crippen LogP) is 4.73.